The number of rotatable bonds is 3. The second kappa shape index (κ2) is 5.79. The molecule has 1 aliphatic rings. The highest BCUT2D eigenvalue weighted by molar-refractivity contribution is 5.96. The molecule has 0 radical (unpaired) electrons. The van der Waals surface area contributed by atoms with E-state index in [9.17, 15) is 0 Å². The number of fused-ring (bicyclic) bond motifs is 2. The Bertz CT molecular complexity index is 908. The molecular weight excluding hydrogens is 292 g/mol. The summed E-state index contributed by atoms with van der Waals surface area (Å²) in [4.78, 5) is 4.94. The van der Waals surface area contributed by atoms with Crippen molar-refractivity contribution in [3.63, 3.8) is 0 Å². The SMILES string of the molecule is CC1(C)C=Cc2c(nc3ccccc3c2NCc2ccccc2)C1. The molecule has 0 saturated carbocycles. The van der Waals surface area contributed by atoms with Gasteiger partial charge in [0.25, 0.3) is 0 Å². The van der Waals surface area contributed by atoms with Gasteiger partial charge in [-0.25, -0.2) is 0 Å². The highest BCUT2D eigenvalue weighted by atomic mass is 14.9. The van der Waals surface area contributed by atoms with Crippen molar-refractivity contribution in [3.05, 3.63) is 77.5 Å². The van der Waals surface area contributed by atoms with Crippen LogP contribution in [0.15, 0.2) is 60.7 Å². The molecule has 4 rings (SSSR count). The molecule has 1 heterocycles. The minimum absolute atomic E-state index is 0.166. The zero-order valence-corrected chi connectivity index (χ0v) is 14.2. The summed E-state index contributed by atoms with van der Waals surface area (Å²) < 4.78 is 0. The molecule has 1 aliphatic carbocycles. The summed E-state index contributed by atoms with van der Waals surface area (Å²) in [5, 5.41) is 4.86. The lowest BCUT2D eigenvalue weighted by molar-refractivity contribution is 0.469. The molecule has 24 heavy (non-hydrogen) atoms. The van der Waals surface area contributed by atoms with Gasteiger partial charge in [0.2, 0.25) is 0 Å². The van der Waals surface area contributed by atoms with Crippen LogP contribution in [0.25, 0.3) is 17.0 Å². The fraction of sp³-hybridized carbons (Fsp3) is 0.227. The number of benzene rings is 2. The zero-order valence-electron chi connectivity index (χ0n) is 14.2. The molecule has 0 aliphatic heterocycles. The van der Waals surface area contributed by atoms with Gasteiger partial charge in [-0.1, -0.05) is 74.5 Å². The Hall–Kier alpha value is -2.61. The molecule has 1 N–H and O–H groups in total. The van der Waals surface area contributed by atoms with Crippen LogP contribution in [0, 0.1) is 5.41 Å². The van der Waals surface area contributed by atoms with Crippen molar-refractivity contribution in [2.24, 2.45) is 5.41 Å². The number of allylic oxidation sites excluding steroid dienone is 1. The summed E-state index contributed by atoms with van der Waals surface area (Å²) in [5.41, 5.74) is 6.15. The van der Waals surface area contributed by atoms with E-state index in [2.05, 4.69) is 85.9 Å². The summed E-state index contributed by atoms with van der Waals surface area (Å²) in [6.45, 7) is 5.35. The van der Waals surface area contributed by atoms with E-state index >= 15 is 0 Å². The van der Waals surface area contributed by atoms with E-state index < -0.39 is 0 Å². The molecule has 0 spiro atoms. The third kappa shape index (κ3) is 2.80. The maximum absolute atomic E-state index is 4.94. The Morgan fingerprint density at radius 3 is 2.58 bits per heavy atom. The number of pyridine rings is 1. The average Bonchev–Trinajstić information content (AvgIpc) is 2.58. The van der Waals surface area contributed by atoms with Gasteiger partial charge >= 0.3 is 0 Å². The molecule has 0 saturated heterocycles. The maximum atomic E-state index is 4.94. The van der Waals surface area contributed by atoms with Crippen LogP contribution >= 0.6 is 0 Å². The zero-order chi connectivity index (χ0) is 16.6. The molecule has 120 valence electrons. The minimum atomic E-state index is 0.166. The molecule has 0 fully saturated rings. The second-order valence-electron chi connectivity index (χ2n) is 7.20. The standard InChI is InChI=1S/C22H22N2/c1-22(2)13-12-18-20(14-22)24-19-11-7-6-10-17(19)21(18)23-15-16-8-4-3-5-9-16/h3-13H,14-15H2,1-2H3,(H,23,24). The second-order valence-corrected chi connectivity index (χ2v) is 7.20. The van der Waals surface area contributed by atoms with E-state index in [-0.39, 0.29) is 5.41 Å². The molecule has 2 nitrogen and oxygen atoms in total. The van der Waals surface area contributed by atoms with Gasteiger partial charge in [-0.3, -0.25) is 4.98 Å². The van der Waals surface area contributed by atoms with Crippen LogP contribution in [0.3, 0.4) is 0 Å². The average molecular weight is 314 g/mol. The predicted octanol–water partition coefficient (Wildman–Crippen LogP) is 5.44. The molecule has 3 aromatic rings. The van der Waals surface area contributed by atoms with Crippen LogP contribution in [-0.2, 0) is 13.0 Å². The third-order valence-corrected chi connectivity index (χ3v) is 4.65. The van der Waals surface area contributed by atoms with E-state index in [1.54, 1.807) is 0 Å². The van der Waals surface area contributed by atoms with Gasteiger partial charge in [0.1, 0.15) is 0 Å². The molecule has 0 amide bonds. The van der Waals surface area contributed by atoms with Crippen LogP contribution in [0.5, 0.6) is 0 Å². The van der Waals surface area contributed by atoms with E-state index in [1.807, 2.05) is 0 Å². The number of anilines is 1. The highest BCUT2D eigenvalue weighted by Crippen LogP contribution is 2.37. The Labute approximate surface area is 143 Å². The van der Waals surface area contributed by atoms with Crippen LogP contribution in [0.2, 0.25) is 0 Å². The number of aromatic nitrogens is 1. The normalized spacial score (nSPS) is 15.2. The number of nitrogens with one attached hydrogen (secondary N) is 1. The molecule has 0 bridgehead atoms. The maximum Gasteiger partial charge on any atom is 0.0726 e. The first-order chi connectivity index (χ1) is 11.6. The van der Waals surface area contributed by atoms with Crippen molar-refractivity contribution < 1.29 is 0 Å². The van der Waals surface area contributed by atoms with Gasteiger partial charge < -0.3 is 5.32 Å². The number of para-hydroxylation sites is 1. The lowest BCUT2D eigenvalue weighted by Gasteiger charge is -2.27. The van der Waals surface area contributed by atoms with Crippen molar-refractivity contribution in [2.45, 2.75) is 26.8 Å². The van der Waals surface area contributed by atoms with Crippen molar-refractivity contribution in [1.29, 1.82) is 0 Å². The summed E-state index contributed by atoms with van der Waals surface area (Å²) >= 11 is 0. The van der Waals surface area contributed by atoms with E-state index in [0.29, 0.717) is 0 Å². The Balaban J connectivity index is 1.80. The Morgan fingerprint density at radius 1 is 1.00 bits per heavy atom. The number of nitrogens with zero attached hydrogens (tertiary/aromatic N) is 1. The Morgan fingerprint density at radius 2 is 1.75 bits per heavy atom. The summed E-state index contributed by atoms with van der Waals surface area (Å²) in [5.74, 6) is 0. The van der Waals surface area contributed by atoms with Crippen molar-refractivity contribution >= 4 is 22.7 Å². The summed E-state index contributed by atoms with van der Waals surface area (Å²) in [7, 11) is 0. The van der Waals surface area contributed by atoms with Crippen LogP contribution in [-0.4, -0.2) is 4.98 Å². The first kappa shape index (κ1) is 14.9. The van der Waals surface area contributed by atoms with Gasteiger partial charge in [0, 0.05) is 17.5 Å². The van der Waals surface area contributed by atoms with Crippen LogP contribution in [0.1, 0.15) is 30.7 Å². The lowest BCUT2D eigenvalue weighted by Crippen LogP contribution is -2.18. The molecule has 0 atom stereocenters. The van der Waals surface area contributed by atoms with Gasteiger partial charge in [-0.15, -0.1) is 0 Å². The first-order valence-corrected chi connectivity index (χ1v) is 8.51. The van der Waals surface area contributed by atoms with Crippen molar-refractivity contribution in [1.82, 2.24) is 4.98 Å². The van der Waals surface area contributed by atoms with Gasteiger partial charge in [0.15, 0.2) is 0 Å². The van der Waals surface area contributed by atoms with Crippen LogP contribution in [0.4, 0.5) is 5.69 Å². The Kier molecular flexibility index (Phi) is 3.61. The molecular formula is C22H22N2. The fourth-order valence-corrected chi connectivity index (χ4v) is 3.37. The highest BCUT2D eigenvalue weighted by Gasteiger charge is 2.24. The van der Waals surface area contributed by atoms with Gasteiger partial charge in [0.05, 0.1) is 16.9 Å². The quantitative estimate of drug-likeness (QED) is 0.696. The largest absolute Gasteiger partial charge is 0.380 e. The molecule has 2 aromatic carbocycles. The van der Waals surface area contributed by atoms with Crippen molar-refractivity contribution in [3.8, 4) is 0 Å². The topological polar surface area (TPSA) is 24.9 Å². The fourth-order valence-electron chi connectivity index (χ4n) is 3.37. The molecule has 2 heteroatoms. The van der Waals surface area contributed by atoms with E-state index in [4.69, 9.17) is 4.98 Å². The minimum Gasteiger partial charge on any atom is -0.380 e. The predicted molar refractivity (Wildman–Crippen MR) is 102 cm³/mol. The summed E-state index contributed by atoms with van der Waals surface area (Å²) in [6.07, 6.45) is 5.52. The number of hydrogen-bond donors (Lipinski definition) is 1. The molecule has 1 aromatic heterocycles. The monoisotopic (exact) mass is 314 g/mol. The number of hydrogen-bond acceptors (Lipinski definition) is 2. The smallest absolute Gasteiger partial charge is 0.0726 e. The van der Waals surface area contributed by atoms with Crippen molar-refractivity contribution in [2.75, 3.05) is 5.32 Å². The van der Waals surface area contributed by atoms with E-state index in [1.165, 1.54) is 27.9 Å². The first-order valence-electron chi connectivity index (χ1n) is 8.51. The lowest BCUT2D eigenvalue weighted by atomic mass is 9.81. The van der Waals surface area contributed by atoms with Gasteiger partial charge in [-0.2, -0.15) is 0 Å². The van der Waals surface area contributed by atoms with Crippen LogP contribution < -0.4 is 5.32 Å². The third-order valence-electron chi connectivity index (χ3n) is 4.65. The molecule has 0 unspecified atom stereocenters. The van der Waals surface area contributed by atoms with Gasteiger partial charge in [-0.05, 0) is 23.5 Å². The summed E-state index contributed by atoms with van der Waals surface area (Å²) in [6, 6.07) is 18.9. The van der Waals surface area contributed by atoms with E-state index in [0.717, 1.165) is 18.5 Å².